The second-order valence-electron chi connectivity index (χ2n) is 5.93. The Hall–Kier alpha value is -0.420. The molecule has 0 radical (unpaired) electrons. The minimum Gasteiger partial charge on any atom is -0.335 e. The second-order valence-corrected chi connectivity index (χ2v) is 7.90. The molecule has 1 aliphatic carbocycles. The molecule has 1 saturated heterocycles. The lowest BCUT2D eigenvalue weighted by atomic mass is 10.1. The Morgan fingerprint density at radius 2 is 2.14 bits per heavy atom. The van der Waals surface area contributed by atoms with Gasteiger partial charge in [0.25, 0.3) is 0 Å². The van der Waals surface area contributed by atoms with E-state index in [-0.39, 0.29) is 5.91 Å². The highest BCUT2D eigenvalue weighted by atomic mass is 35.5. The number of nitrogens with zero attached hydrogens (tertiary/aromatic N) is 1. The van der Waals surface area contributed by atoms with Crippen LogP contribution in [0.2, 0.25) is 10.0 Å². The maximum Gasteiger partial charge on any atom is 0.224 e. The Kier molecular flexibility index (Phi) is 5.55. The van der Waals surface area contributed by atoms with Crippen molar-refractivity contribution in [3.63, 3.8) is 0 Å². The first-order chi connectivity index (χ1) is 10.6. The quantitative estimate of drug-likeness (QED) is 0.872. The molecular formula is C16H20Cl2N2OS. The van der Waals surface area contributed by atoms with Crippen molar-refractivity contribution in [2.75, 3.05) is 18.1 Å². The topological polar surface area (TPSA) is 32.3 Å². The summed E-state index contributed by atoms with van der Waals surface area (Å²) >= 11 is 14.0. The van der Waals surface area contributed by atoms with Gasteiger partial charge in [0, 0.05) is 43.1 Å². The van der Waals surface area contributed by atoms with E-state index in [1.807, 2.05) is 28.8 Å². The first-order valence-electron chi connectivity index (χ1n) is 7.68. The van der Waals surface area contributed by atoms with Crippen LogP contribution in [0.25, 0.3) is 0 Å². The number of thioether (sulfide) groups is 1. The summed E-state index contributed by atoms with van der Waals surface area (Å²) in [5.41, 5.74) is 1.04. The average Bonchev–Trinajstić information content (AvgIpc) is 3.34. The van der Waals surface area contributed by atoms with E-state index in [0.29, 0.717) is 35.1 Å². The first kappa shape index (κ1) is 16.4. The smallest absolute Gasteiger partial charge is 0.224 e. The van der Waals surface area contributed by atoms with Gasteiger partial charge in [-0.25, -0.2) is 0 Å². The van der Waals surface area contributed by atoms with Crippen LogP contribution < -0.4 is 5.32 Å². The van der Waals surface area contributed by atoms with E-state index < -0.39 is 0 Å². The largest absolute Gasteiger partial charge is 0.335 e. The molecule has 22 heavy (non-hydrogen) atoms. The fourth-order valence-electron chi connectivity index (χ4n) is 2.72. The van der Waals surface area contributed by atoms with Crippen LogP contribution in [0.1, 0.15) is 24.8 Å². The number of rotatable bonds is 5. The number of benzene rings is 1. The lowest BCUT2D eigenvalue weighted by Crippen LogP contribution is -2.43. The minimum atomic E-state index is 0.244. The second kappa shape index (κ2) is 7.43. The highest BCUT2D eigenvalue weighted by Crippen LogP contribution is 2.31. The van der Waals surface area contributed by atoms with Gasteiger partial charge in [0.1, 0.15) is 0 Å². The molecule has 1 atom stereocenters. The number of carbonyl (C=O) groups is 1. The van der Waals surface area contributed by atoms with E-state index in [1.165, 1.54) is 0 Å². The van der Waals surface area contributed by atoms with Gasteiger partial charge in [-0.05, 0) is 30.5 Å². The summed E-state index contributed by atoms with van der Waals surface area (Å²) in [6.07, 6.45) is 2.81. The van der Waals surface area contributed by atoms with Gasteiger partial charge in [-0.15, -0.1) is 0 Å². The normalized spacial score (nSPS) is 21.6. The van der Waals surface area contributed by atoms with E-state index in [0.717, 1.165) is 36.5 Å². The number of amides is 1. The Bertz CT molecular complexity index is 545. The van der Waals surface area contributed by atoms with Crippen molar-refractivity contribution in [1.82, 2.24) is 10.2 Å². The maximum atomic E-state index is 12.7. The minimum absolute atomic E-state index is 0.244. The van der Waals surface area contributed by atoms with Crippen molar-refractivity contribution in [3.8, 4) is 0 Å². The molecule has 0 spiro atoms. The van der Waals surface area contributed by atoms with Crippen molar-refractivity contribution in [2.45, 2.75) is 37.9 Å². The maximum absolute atomic E-state index is 12.7. The van der Waals surface area contributed by atoms with Crippen molar-refractivity contribution >= 4 is 40.9 Å². The summed E-state index contributed by atoms with van der Waals surface area (Å²) in [5, 5.41) is 4.54. The van der Waals surface area contributed by atoms with Gasteiger partial charge in [-0.1, -0.05) is 29.3 Å². The molecule has 2 fully saturated rings. The van der Waals surface area contributed by atoms with E-state index in [2.05, 4.69) is 5.32 Å². The number of halogens is 2. The van der Waals surface area contributed by atoms with Crippen LogP contribution in [0.4, 0.5) is 0 Å². The highest BCUT2D eigenvalue weighted by molar-refractivity contribution is 7.99. The van der Waals surface area contributed by atoms with Crippen LogP contribution in [-0.2, 0) is 11.3 Å². The van der Waals surface area contributed by atoms with Crippen LogP contribution in [0.15, 0.2) is 18.2 Å². The summed E-state index contributed by atoms with van der Waals surface area (Å²) in [4.78, 5) is 14.7. The molecule has 1 saturated carbocycles. The van der Waals surface area contributed by atoms with Gasteiger partial charge in [-0.2, -0.15) is 11.8 Å². The van der Waals surface area contributed by atoms with Gasteiger partial charge in [0.05, 0.1) is 10.0 Å². The third-order valence-electron chi connectivity index (χ3n) is 4.06. The Morgan fingerprint density at radius 1 is 1.32 bits per heavy atom. The molecule has 0 bridgehead atoms. The fourth-order valence-corrected chi connectivity index (χ4v) is 3.99. The predicted molar refractivity (Wildman–Crippen MR) is 93.8 cm³/mol. The average molecular weight is 359 g/mol. The number of carbonyl (C=O) groups excluding carboxylic acids is 1. The summed E-state index contributed by atoms with van der Waals surface area (Å²) in [7, 11) is 0. The zero-order chi connectivity index (χ0) is 15.5. The summed E-state index contributed by atoms with van der Waals surface area (Å²) < 4.78 is 0. The van der Waals surface area contributed by atoms with Gasteiger partial charge in [0.2, 0.25) is 5.91 Å². The van der Waals surface area contributed by atoms with Crippen LogP contribution >= 0.6 is 35.0 Å². The van der Waals surface area contributed by atoms with E-state index >= 15 is 0 Å². The molecule has 1 aromatic rings. The van der Waals surface area contributed by atoms with E-state index in [9.17, 15) is 4.79 Å². The molecule has 1 unspecified atom stereocenters. The lowest BCUT2D eigenvalue weighted by Gasteiger charge is -2.27. The van der Waals surface area contributed by atoms with Crippen LogP contribution in [0.5, 0.6) is 0 Å². The predicted octanol–water partition coefficient (Wildman–Crippen LogP) is 3.58. The highest BCUT2D eigenvalue weighted by Gasteiger charge is 2.33. The number of nitrogens with one attached hydrogen (secondary N) is 1. The Morgan fingerprint density at radius 3 is 2.77 bits per heavy atom. The third kappa shape index (κ3) is 4.31. The lowest BCUT2D eigenvalue weighted by molar-refractivity contribution is -0.132. The van der Waals surface area contributed by atoms with Crippen molar-refractivity contribution in [1.29, 1.82) is 0 Å². The van der Waals surface area contributed by atoms with Gasteiger partial charge < -0.3 is 10.2 Å². The molecule has 1 aliphatic heterocycles. The molecule has 1 heterocycles. The summed E-state index contributed by atoms with van der Waals surface area (Å²) in [6, 6.07) is 6.32. The summed E-state index contributed by atoms with van der Waals surface area (Å²) in [6.45, 7) is 1.62. The van der Waals surface area contributed by atoms with Gasteiger partial charge >= 0.3 is 0 Å². The zero-order valence-corrected chi connectivity index (χ0v) is 14.7. The molecule has 120 valence electrons. The number of hydrogen-bond donors (Lipinski definition) is 1. The van der Waals surface area contributed by atoms with Crippen molar-refractivity contribution in [3.05, 3.63) is 33.8 Å². The molecule has 1 aromatic carbocycles. The molecule has 1 amide bonds. The van der Waals surface area contributed by atoms with E-state index in [4.69, 9.17) is 23.2 Å². The Labute approximate surface area is 145 Å². The Balaban J connectivity index is 1.64. The SMILES string of the molecule is O=C(CC1CSCCN1)N(Cc1ccc(Cl)c(Cl)c1)C1CC1. The van der Waals surface area contributed by atoms with Crippen molar-refractivity contribution in [2.24, 2.45) is 0 Å². The summed E-state index contributed by atoms with van der Waals surface area (Å²) in [5.74, 6) is 2.41. The monoisotopic (exact) mass is 358 g/mol. The van der Waals surface area contributed by atoms with Crippen molar-refractivity contribution < 1.29 is 4.79 Å². The fraction of sp³-hybridized carbons (Fsp3) is 0.562. The van der Waals surface area contributed by atoms with Gasteiger partial charge in [-0.3, -0.25) is 4.79 Å². The molecule has 2 aliphatic rings. The molecule has 1 N–H and O–H groups in total. The molecule has 3 rings (SSSR count). The molecule has 0 aromatic heterocycles. The number of hydrogen-bond acceptors (Lipinski definition) is 3. The van der Waals surface area contributed by atoms with Crippen LogP contribution in [-0.4, -0.2) is 40.9 Å². The molecule has 6 heteroatoms. The zero-order valence-electron chi connectivity index (χ0n) is 12.4. The molecule has 3 nitrogen and oxygen atoms in total. The first-order valence-corrected chi connectivity index (χ1v) is 9.59. The van der Waals surface area contributed by atoms with Crippen LogP contribution in [0, 0.1) is 0 Å². The standard InChI is InChI=1S/C16H20Cl2N2OS/c17-14-4-1-11(7-15(14)18)9-20(13-2-3-13)16(21)8-12-10-22-6-5-19-12/h1,4,7,12-13,19H,2-3,5-6,8-10H2. The van der Waals surface area contributed by atoms with Crippen LogP contribution in [0.3, 0.4) is 0 Å². The van der Waals surface area contributed by atoms with Gasteiger partial charge in [0.15, 0.2) is 0 Å². The van der Waals surface area contributed by atoms with E-state index in [1.54, 1.807) is 6.07 Å². The molecular weight excluding hydrogens is 339 g/mol. The third-order valence-corrected chi connectivity index (χ3v) is 5.93.